The number of rotatable bonds is 1. The van der Waals surface area contributed by atoms with Gasteiger partial charge in [0.1, 0.15) is 0 Å². The lowest BCUT2D eigenvalue weighted by atomic mass is 10.0. The summed E-state index contributed by atoms with van der Waals surface area (Å²) in [6.45, 7) is 1.26. The third-order valence-electron chi connectivity index (χ3n) is 4.65. The second-order valence-corrected chi connectivity index (χ2v) is 7.03. The van der Waals surface area contributed by atoms with Gasteiger partial charge in [-0.15, -0.1) is 11.3 Å². The molecule has 3 nitrogen and oxygen atoms in total. The molecule has 126 valence electrons. The normalized spacial score (nSPS) is 20.0. The number of nitrogens with zero attached hydrogens (tertiary/aromatic N) is 2. The van der Waals surface area contributed by atoms with Gasteiger partial charge in [-0.1, -0.05) is 6.07 Å². The highest BCUT2D eigenvalue weighted by atomic mass is 32.1. The van der Waals surface area contributed by atoms with Crippen LogP contribution >= 0.6 is 11.3 Å². The average Bonchev–Trinajstić information content (AvgIpc) is 3.23. The number of alkyl halides is 3. The summed E-state index contributed by atoms with van der Waals surface area (Å²) in [5.74, 6) is -0.225. The predicted molar refractivity (Wildman–Crippen MR) is 87.8 cm³/mol. The molecular formula is C17H15F3N2OS. The summed E-state index contributed by atoms with van der Waals surface area (Å²) in [5, 5.41) is 1.80. The molecule has 1 atom stereocenters. The van der Waals surface area contributed by atoms with Crippen molar-refractivity contribution in [2.45, 2.75) is 25.1 Å². The van der Waals surface area contributed by atoms with Gasteiger partial charge in [-0.25, -0.2) is 0 Å². The van der Waals surface area contributed by atoms with Gasteiger partial charge in [0, 0.05) is 19.1 Å². The second kappa shape index (κ2) is 5.51. The van der Waals surface area contributed by atoms with E-state index in [2.05, 4.69) is 4.90 Å². The minimum Gasteiger partial charge on any atom is -0.365 e. The first-order chi connectivity index (χ1) is 11.4. The summed E-state index contributed by atoms with van der Waals surface area (Å²) in [5.41, 5.74) is 0.367. The van der Waals surface area contributed by atoms with Crippen molar-refractivity contribution < 1.29 is 18.0 Å². The molecule has 4 rings (SSSR count). The highest BCUT2D eigenvalue weighted by Gasteiger charge is 2.39. The number of fused-ring (bicyclic) bond motifs is 3. The van der Waals surface area contributed by atoms with E-state index >= 15 is 0 Å². The van der Waals surface area contributed by atoms with E-state index in [9.17, 15) is 18.0 Å². The number of carbonyl (C=O) groups is 1. The monoisotopic (exact) mass is 352 g/mol. The maximum absolute atomic E-state index is 13.1. The molecule has 0 spiro atoms. The lowest BCUT2D eigenvalue weighted by Crippen LogP contribution is -2.48. The number of halogens is 3. The Morgan fingerprint density at radius 2 is 2.04 bits per heavy atom. The molecule has 3 heterocycles. The molecule has 2 aromatic rings. The quantitative estimate of drug-likeness (QED) is 0.760. The summed E-state index contributed by atoms with van der Waals surface area (Å²) >= 11 is 1.31. The number of thiophene rings is 1. The highest BCUT2D eigenvalue weighted by Crippen LogP contribution is 2.43. The van der Waals surface area contributed by atoms with E-state index in [1.807, 2.05) is 0 Å². The number of amides is 1. The fourth-order valence-corrected chi connectivity index (χ4v) is 4.21. The molecule has 2 aliphatic rings. The number of benzene rings is 1. The Morgan fingerprint density at radius 3 is 2.75 bits per heavy atom. The zero-order chi connectivity index (χ0) is 16.9. The maximum Gasteiger partial charge on any atom is 0.416 e. The molecule has 0 saturated carbocycles. The molecule has 0 aliphatic carbocycles. The van der Waals surface area contributed by atoms with Gasteiger partial charge in [0.15, 0.2) is 0 Å². The fraction of sp³-hybridized carbons (Fsp3) is 0.353. The topological polar surface area (TPSA) is 23.6 Å². The summed E-state index contributed by atoms with van der Waals surface area (Å²) in [7, 11) is 0. The van der Waals surface area contributed by atoms with Gasteiger partial charge in [-0.3, -0.25) is 4.79 Å². The SMILES string of the molecule is O=C(c1cccs1)N1C[C@H]2CCCN2c2ccc(C(F)(F)F)cc21. The summed E-state index contributed by atoms with van der Waals surface area (Å²) in [4.78, 5) is 17.0. The van der Waals surface area contributed by atoms with Gasteiger partial charge in [-0.05, 0) is 42.5 Å². The van der Waals surface area contributed by atoms with Gasteiger partial charge in [0.05, 0.1) is 21.8 Å². The Balaban J connectivity index is 1.81. The van der Waals surface area contributed by atoms with E-state index in [0.29, 0.717) is 17.1 Å². The van der Waals surface area contributed by atoms with Crippen LogP contribution < -0.4 is 9.80 Å². The third-order valence-corrected chi connectivity index (χ3v) is 5.51. The molecule has 0 radical (unpaired) electrons. The smallest absolute Gasteiger partial charge is 0.365 e. The van der Waals surface area contributed by atoms with E-state index in [4.69, 9.17) is 0 Å². The summed E-state index contributed by atoms with van der Waals surface area (Å²) < 4.78 is 39.3. The minimum atomic E-state index is -4.42. The molecule has 7 heteroatoms. The minimum absolute atomic E-state index is 0.179. The Morgan fingerprint density at radius 1 is 1.21 bits per heavy atom. The lowest BCUT2D eigenvalue weighted by molar-refractivity contribution is -0.137. The Bertz CT molecular complexity index is 773. The highest BCUT2D eigenvalue weighted by molar-refractivity contribution is 7.12. The Kier molecular flexibility index (Phi) is 3.56. The van der Waals surface area contributed by atoms with Gasteiger partial charge >= 0.3 is 6.18 Å². The molecular weight excluding hydrogens is 337 g/mol. The van der Waals surface area contributed by atoms with Crippen molar-refractivity contribution in [1.29, 1.82) is 0 Å². The molecule has 0 N–H and O–H groups in total. The van der Waals surface area contributed by atoms with Crippen molar-refractivity contribution in [3.8, 4) is 0 Å². The largest absolute Gasteiger partial charge is 0.416 e. The van der Waals surface area contributed by atoms with Gasteiger partial charge in [0.25, 0.3) is 5.91 Å². The van der Waals surface area contributed by atoms with E-state index in [-0.39, 0.29) is 11.9 Å². The Labute approximate surface area is 141 Å². The van der Waals surface area contributed by atoms with Crippen LogP contribution in [0.5, 0.6) is 0 Å². The first kappa shape index (κ1) is 15.5. The fourth-order valence-electron chi connectivity index (χ4n) is 3.54. The van der Waals surface area contributed by atoms with Gasteiger partial charge in [0.2, 0.25) is 0 Å². The van der Waals surface area contributed by atoms with Crippen molar-refractivity contribution in [2.75, 3.05) is 22.9 Å². The van der Waals surface area contributed by atoms with Crippen LogP contribution in [0.25, 0.3) is 0 Å². The van der Waals surface area contributed by atoms with E-state index in [1.54, 1.807) is 17.5 Å². The second-order valence-electron chi connectivity index (χ2n) is 6.08. The van der Waals surface area contributed by atoms with Crippen molar-refractivity contribution in [2.24, 2.45) is 0 Å². The molecule has 24 heavy (non-hydrogen) atoms. The van der Waals surface area contributed by atoms with E-state index < -0.39 is 11.7 Å². The molecule has 0 unspecified atom stereocenters. The van der Waals surface area contributed by atoms with E-state index in [0.717, 1.165) is 37.2 Å². The van der Waals surface area contributed by atoms with Crippen molar-refractivity contribution >= 4 is 28.6 Å². The molecule has 1 fully saturated rings. The summed E-state index contributed by atoms with van der Waals surface area (Å²) in [6.07, 6.45) is -2.48. The number of hydrogen-bond donors (Lipinski definition) is 0. The van der Waals surface area contributed by atoms with Crippen LogP contribution in [0.4, 0.5) is 24.5 Å². The number of anilines is 2. The molecule has 0 bridgehead atoms. The maximum atomic E-state index is 13.1. The zero-order valence-electron chi connectivity index (χ0n) is 12.7. The molecule has 2 aliphatic heterocycles. The molecule has 1 aromatic carbocycles. The Hall–Kier alpha value is -2.02. The first-order valence-electron chi connectivity index (χ1n) is 7.78. The van der Waals surface area contributed by atoms with Gasteiger partial charge in [-0.2, -0.15) is 13.2 Å². The van der Waals surface area contributed by atoms with Crippen LogP contribution in [0.2, 0.25) is 0 Å². The molecule has 1 saturated heterocycles. The van der Waals surface area contributed by atoms with Crippen molar-refractivity contribution in [3.05, 3.63) is 46.2 Å². The van der Waals surface area contributed by atoms with Crippen LogP contribution in [0.1, 0.15) is 28.1 Å². The standard InChI is InChI=1S/C17H15F3N2OS/c18-17(19,20)11-5-6-13-14(9-11)22(10-12-3-1-7-21(12)13)16(23)15-4-2-8-24-15/h2,4-6,8-9,12H,1,3,7,10H2/t12-/m1/s1. The molecule has 1 aromatic heterocycles. The van der Waals surface area contributed by atoms with Crippen LogP contribution in [0, 0.1) is 0 Å². The zero-order valence-corrected chi connectivity index (χ0v) is 13.5. The summed E-state index contributed by atoms with van der Waals surface area (Å²) in [6, 6.07) is 7.38. The van der Waals surface area contributed by atoms with Crippen molar-refractivity contribution in [1.82, 2.24) is 0 Å². The lowest BCUT2D eigenvalue weighted by Gasteiger charge is -2.40. The average molecular weight is 352 g/mol. The van der Waals surface area contributed by atoms with Crippen molar-refractivity contribution in [3.63, 3.8) is 0 Å². The van der Waals surface area contributed by atoms with Crippen LogP contribution in [-0.2, 0) is 6.18 Å². The predicted octanol–water partition coefficient (Wildman–Crippen LogP) is 4.40. The van der Waals surface area contributed by atoms with Crippen LogP contribution in [0.15, 0.2) is 35.7 Å². The van der Waals surface area contributed by atoms with Crippen LogP contribution in [-0.4, -0.2) is 25.0 Å². The molecule has 1 amide bonds. The van der Waals surface area contributed by atoms with E-state index in [1.165, 1.54) is 22.3 Å². The third kappa shape index (κ3) is 2.47. The van der Waals surface area contributed by atoms with Gasteiger partial charge < -0.3 is 9.80 Å². The number of carbonyl (C=O) groups excluding carboxylic acids is 1. The number of hydrogen-bond acceptors (Lipinski definition) is 3. The van der Waals surface area contributed by atoms with Crippen LogP contribution in [0.3, 0.4) is 0 Å². The first-order valence-corrected chi connectivity index (χ1v) is 8.66.